The minimum absolute atomic E-state index is 0.0521. The smallest absolute Gasteiger partial charge is 0.253 e. The Bertz CT molecular complexity index is 1200. The number of nitrogens with one attached hydrogen (secondary N) is 1. The van der Waals surface area contributed by atoms with Crippen molar-refractivity contribution in [3.63, 3.8) is 0 Å². The number of fused-ring (bicyclic) bond motifs is 1. The van der Waals surface area contributed by atoms with Crippen LogP contribution >= 0.6 is 0 Å². The number of anilines is 1. The zero-order valence-corrected chi connectivity index (χ0v) is 17.9. The Morgan fingerprint density at radius 1 is 0.969 bits per heavy atom. The van der Waals surface area contributed by atoms with Crippen molar-refractivity contribution in [3.8, 4) is 22.8 Å². The summed E-state index contributed by atoms with van der Waals surface area (Å²) in [7, 11) is 3.44. The van der Waals surface area contributed by atoms with Gasteiger partial charge in [0.15, 0.2) is 11.5 Å². The minimum atomic E-state index is -0.563. The number of benzene rings is 2. The minimum Gasteiger partial charge on any atom is -0.454 e. The Kier molecular flexibility index (Phi) is 4.81. The highest BCUT2D eigenvalue weighted by Gasteiger charge is 2.51. The lowest BCUT2D eigenvalue weighted by atomic mass is 9.94. The van der Waals surface area contributed by atoms with Crippen LogP contribution < -0.4 is 14.8 Å². The SMILES string of the molecule is CN(C)C(=O)c1ccc(-c2cccc(NC(=O)C3(c4ccc5c(c4)OCO5)CC3)n2)cc1. The standard InChI is InChI=1S/C25H23N3O4/c1-28(2)23(29)17-8-6-16(7-9-17)19-4-3-5-22(26-19)27-24(30)25(12-13-25)18-10-11-20-21(14-18)32-15-31-20/h3-11,14H,12-13,15H2,1-2H3,(H,26,27,30). The second-order valence-corrected chi connectivity index (χ2v) is 8.29. The molecule has 1 aliphatic heterocycles. The first kappa shape index (κ1) is 20.1. The van der Waals surface area contributed by atoms with Gasteiger partial charge in [-0.25, -0.2) is 4.98 Å². The topological polar surface area (TPSA) is 80.8 Å². The van der Waals surface area contributed by atoms with Crippen molar-refractivity contribution in [2.45, 2.75) is 18.3 Å². The van der Waals surface area contributed by atoms with Gasteiger partial charge in [0.2, 0.25) is 12.7 Å². The molecular weight excluding hydrogens is 406 g/mol. The van der Waals surface area contributed by atoms with Crippen LogP contribution in [0, 0.1) is 0 Å². The van der Waals surface area contributed by atoms with E-state index < -0.39 is 5.41 Å². The molecule has 7 nitrogen and oxygen atoms in total. The second-order valence-electron chi connectivity index (χ2n) is 8.29. The van der Waals surface area contributed by atoms with Gasteiger partial charge in [-0.2, -0.15) is 0 Å². The lowest BCUT2D eigenvalue weighted by molar-refractivity contribution is -0.118. The fourth-order valence-electron chi connectivity index (χ4n) is 3.91. The Balaban J connectivity index is 1.34. The first-order valence-electron chi connectivity index (χ1n) is 10.5. The molecule has 1 aliphatic carbocycles. The number of amides is 2. The maximum atomic E-state index is 13.2. The summed E-state index contributed by atoms with van der Waals surface area (Å²) in [4.78, 5) is 31.4. The number of ether oxygens (including phenoxy) is 2. The lowest BCUT2D eigenvalue weighted by Crippen LogP contribution is -2.28. The highest BCUT2D eigenvalue weighted by Crippen LogP contribution is 2.51. The zero-order valence-electron chi connectivity index (χ0n) is 17.9. The zero-order chi connectivity index (χ0) is 22.3. The predicted octanol–water partition coefficient (Wildman–Crippen LogP) is 3.85. The van der Waals surface area contributed by atoms with Gasteiger partial charge in [-0.3, -0.25) is 9.59 Å². The molecule has 0 unspecified atom stereocenters. The number of pyridine rings is 1. The summed E-state index contributed by atoms with van der Waals surface area (Å²) in [6.45, 7) is 0.207. The van der Waals surface area contributed by atoms with E-state index in [1.54, 1.807) is 32.3 Å². The molecule has 1 fully saturated rings. The van der Waals surface area contributed by atoms with Crippen molar-refractivity contribution in [2.75, 3.05) is 26.2 Å². The van der Waals surface area contributed by atoms with Crippen molar-refractivity contribution in [1.29, 1.82) is 0 Å². The molecule has 5 rings (SSSR count). The van der Waals surface area contributed by atoms with Gasteiger partial charge in [-0.05, 0) is 54.8 Å². The van der Waals surface area contributed by atoms with E-state index in [0.717, 1.165) is 29.7 Å². The normalized spacial score (nSPS) is 15.2. The molecule has 162 valence electrons. The number of hydrogen-bond donors (Lipinski definition) is 1. The van der Waals surface area contributed by atoms with E-state index in [9.17, 15) is 9.59 Å². The monoisotopic (exact) mass is 429 g/mol. The Labute approximate surface area is 186 Å². The summed E-state index contributed by atoms with van der Waals surface area (Å²) in [6.07, 6.45) is 1.55. The Morgan fingerprint density at radius 3 is 2.44 bits per heavy atom. The Morgan fingerprint density at radius 2 is 1.72 bits per heavy atom. The van der Waals surface area contributed by atoms with Gasteiger partial charge in [0.1, 0.15) is 5.82 Å². The van der Waals surface area contributed by atoms with Crippen LogP contribution in [0.25, 0.3) is 11.3 Å². The first-order valence-corrected chi connectivity index (χ1v) is 10.5. The maximum Gasteiger partial charge on any atom is 0.253 e. The molecule has 0 bridgehead atoms. The lowest BCUT2D eigenvalue weighted by Gasteiger charge is -2.16. The van der Waals surface area contributed by atoms with Crippen LogP contribution in [0.3, 0.4) is 0 Å². The van der Waals surface area contributed by atoms with Crippen molar-refractivity contribution < 1.29 is 19.1 Å². The summed E-state index contributed by atoms with van der Waals surface area (Å²) in [5.41, 5.74) is 2.57. The van der Waals surface area contributed by atoms with E-state index in [4.69, 9.17) is 9.47 Å². The maximum absolute atomic E-state index is 13.2. The third-order valence-electron chi connectivity index (χ3n) is 5.93. The molecule has 2 heterocycles. The number of rotatable bonds is 5. The number of carbonyl (C=O) groups excluding carboxylic acids is 2. The van der Waals surface area contributed by atoms with E-state index in [1.807, 2.05) is 42.5 Å². The van der Waals surface area contributed by atoms with Crippen molar-refractivity contribution in [1.82, 2.24) is 9.88 Å². The van der Waals surface area contributed by atoms with Crippen LogP contribution in [0.4, 0.5) is 5.82 Å². The van der Waals surface area contributed by atoms with Crippen molar-refractivity contribution >= 4 is 17.6 Å². The Hall–Kier alpha value is -3.87. The molecule has 0 radical (unpaired) electrons. The molecule has 1 N–H and O–H groups in total. The van der Waals surface area contributed by atoms with Crippen LogP contribution in [-0.4, -0.2) is 42.6 Å². The summed E-state index contributed by atoms with van der Waals surface area (Å²) in [5.74, 6) is 1.75. The van der Waals surface area contributed by atoms with Crippen LogP contribution in [0.5, 0.6) is 11.5 Å². The highest BCUT2D eigenvalue weighted by molar-refractivity contribution is 6.01. The molecule has 3 aromatic rings. The molecular formula is C25H23N3O4. The van der Waals surface area contributed by atoms with Gasteiger partial charge in [0.05, 0.1) is 11.1 Å². The van der Waals surface area contributed by atoms with E-state index in [-0.39, 0.29) is 18.6 Å². The van der Waals surface area contributed by atoms with Gasteiger partial charge in [-0.15, -0.1) is 0 Å². The van der Waals surface area contributed by atoms with Gasteiger partial charge in [-0.1, -0.05) is 24.3 Å². The van der Waals surface area contributed by atoms with Crippen LogP contribution in [-0.2, 0) is 10.2 Å². The average Bonchev–Trinajstić information content (AvgIpc) is 3.49. The quantitative estimate of drug-likeness (QED) is 0.666. The third kappa shape index (κ3) is 3.56. The van der Waals surface area contributed by atoms with E-state index in [2.05, 4.69) is 10.3 Å². The van der Waals surface area contributed by atoms with Gasteiger partial charge >= 0.3 is 0 Å². The number of aromatic nitrogens is 1. The third-order valence-corrected chi connectivity index (χ3v) is 5.93. The van der Waals surface area contributed by atoms with Crippen molar-refractivity contribution in [2.24, 2.45) is 0 Å². The fourth-order valence-corrected chi connectivity index (χ4v) is 3.91. The predicted molar refractivity (Wildman–Crippen MR) is 120 cm³/mol. The molecule has 2 aromatic carbocycles. The summed E-state index contributed by atoms with van der Waals surface area (Å²) < 4.78 is 10.8. The molecule has 32 heavy (non-hydrogen) atoms. The highest BCUT2D eigenvalue weighted by atomic mass is 16.7. The summed E-state index contributed by atoms with van der Waals surface area (Å²) in [6, 6.07) is 18.5. The van der Waals surface area contributed by atoms with Crippen LogP contribution in [0.1, 0.15) is 28.8 Å². The molecule has 0 spiro atoms. The van der Waals surface area contributed by atoms with Crippen LogP contribution in [0.2, 0.25) is 0 Å². The molecule has 1 saturated carbocycles. The number of carbonyl (C=O) groups is 2. The largest absolute Gasteiger partial charge is 0.454 e. The molecule has 7 heteroatoms. The summed E-state index contributed by atoms with van der Waals surface area (Å²) >= 11 is 0. The van der Waals surface area contributed by atoms with Crippen molar-refractivity contribution in [3.05, 3.63) is 71.8 Å². The first-order chi connectivity index (χ1) is 15.5. The molecule has 2 amide bonds. The number of hydrogen-bond acceptors (Lipinski definition) is 5. The summed E-state index contributed by atoms with van der Waals surface area (Å²) in [5, 5.41) is 2.98. The molecule has 0 saturated heterocycles. The van der Waals surface area contributed by atoms with Gasteiger partial charge in [0, 0.05) is 25.2 Å². The number of nitrogens with zero attached hydrogens (tertiary/aromatic N) is 2. The molecule has 1 aromatic heterocycles. The fraction of sp³-hybridized carbons (Fsp3) is 0.240. The molecule has 0 atom stereocenters. The average molecular weight is 429 g/mol. The van der Waals surface area contributed by atoms with Crippen LogP contribution in [0.15, 0.2) is 60.7 Å². The van der Waals surface area contributed by atoms with Gasteiger partial charge < -0.3 is 19.7 Å². The van der Waals surface area contributed by atoms with E-state index in [0.29, 0.717) is 22.9 Å². The van der Waals surface area contributed by atoms with E-state index in [1.165, 1.54) is 4.90 Å². The second kappa shape index (κ2) is 7.67. The molecule has 2 aliphatic rings. The van der Waals surface area contributed by atoms with E-state index >= 15 is 0 Å². The van der Waals surface area contributed by atoms with Gasteiger partial charge in [0.25, 0.3) is 5.91 Å².